The van der Waals surface area contributed by atoms with Crippen molar-refractivity contribution in [2.24, 2.45) is 7.05 Å². The molecule has 1 fully saturated rings. The van der Waals surface area contributed by atoms with E-state index in [1.54, 1.807) is 0 Å². The highest BCUT2D eigenvalue weighted by atomic mass is 16.5. The number of benzene rings is 2. The first-order chi connectivity index (χ1) is 14.2. The van der Waals surface area contributed by atoms with Crippen LogP contribution in [0, 0.1) is 11.3 Å². The van der Waals surface area contributed by atoms with Gasteiger partial charge in [0.05, 0.1) is 24.1 Å². The number of aromatic nitrogens is 2. The molecule has 0 spiro atoms. The van der Waals surface area contributed by atoms with E-state index >= 15 is 0 Å². The molecule has 0 radical (unpaired) electrons. The lowest BCUT2D eigenvalue weighted by Gasteiger charge is -2.27. The summed E-state index contributed by atoms with van der Waals surface area (Å²) in [5.41, 5.74) is 4.43. The maximum Gasteiger partial charge on any atom is 0.145 e. The number of anilines is 1. The van der Waals surface area contributed by atoms with Crippen LogP contribution in [0.1, 0.15) is 47.6 Å². The van der Waals surface area contributed by atoms with Crippen LogP contribution in [0.15, 0.2) is 48.9 Å². The number of imidazole rings is 1. The van der Waals surface area contributed by atoms with Gasteiger partial charge in [-0.3, -0.25) is 0 Å². The monoisotopic (exact) mass is 384 g/mol. The van der Waals surface area contributed by atoms with Crippen LogP contribution in [0.25, 0.3) is 0 Å². The van der Waals surface area contributed by atoms with Gasteiger partial charge in [-0.05, 0) is 67.0 Å². The molecule has 2 heterocycles. The number of nitrogens with zero attached hydrogens (tertiary/aromatic N) is 4. The van der Waals surface area contributed by atoms with E-state index in [1.807, 2.05) is 31.7 Å². The van der Waals surface area contributed by atoms with Crippen molar-refractivity contribution in [2.75, 3.05) is 11.4 Å². The average Bonchev–Trinajstić information content (AvgIpc) is 3.48. The van der Waals surface area contributed by atoms with Gasteiger partial charge in [-0.1, -0.05) is 18.2 Å². The summed E-state index contributed by atoms with van der Waals surface area (Å²) in [6.45, 7) is 1.01. The molecule has 0 saturated carbocycles. The Balaban J connectivity index is 1.50. The van der Waals surface area contributed by atoms with Gasteiger partial charge < -0.3 is 14.2 Å². The van der Waals surface area contributed by atoms with Crippen molar-refractivity contribution < 1.29 is 4.74 Å². The molecule has 1 aliphatic carbocycles. The first kappa shape index (κ1) is 17.8. The Bertz CT molecular complexity index is 1090. The number of fused-ring (bicyclic) bond motifs is 1. The number of rotatable bonds is 4. The molecule has 29 heavy (non-hydrogen) atoms. The molecule has 146 valence electrons. The van der Waals surface area contributed by atoms with E-state index in [0.29, 0.717) is 11.3 Å². The highest BCUT2D eigenvalue weighted by Crippen LogP contribution is 2.39. The molecule has 5 nitrogen and oxygen atoms in total. The molecule has 1 atom stereocenters. The second-order valence-corrected chi connectivity index (χ2v) is 7.93. The van der Waals surface area contributed by atoms with Gasteiger partial charge in [0, 0.05) is 13.6 Å². The van der Waals surface area contributed by atoms with Crippen LogP contribution in [0.2, 0.25) is 0 Å². The fraction of sp³-hybridized carbons (Fsp3) is 0.333. The van der Waals surface area contributed by atoms with Crippen LogP contribution < -0.4 is 9.64 Å². The molecule has 0 bridgehead atoms. The van der Waals surface area contributed by atoms with E-state index < -0.39 is 0 Å². The number of aryl methyl sites for hydroxylation is 2. The van der Waals surface area contributed by atoms with Crippen LogP contribution in [0.4, 0.5) is 5.82 Å². The molecule has 5 heteroatoms. The second-order valence-electron chi connectivity index (χ2n) is 7.93. The fourth-order valence-electron chi connectivity index (χ4n) is 4.74. The summed E-state index contributed by atoms with van der Waals surface area (Å²) in [7, 11) is 2.03. The van der Waals surface area contributed by atoms with Crippen molar-refractivity contribution in [3.8, 4) is 17.6 Å². The average molecular weight is 384 g/mol. The first-order valence-electron chi connectivity index (χ1n) is 10.3. The number of hydrogen-bond acceptors (Lipinski definition) is 4. The van der Waals surface area contributed by atoms with E-state index in [4.69, 9.17) is 4.74 Å². The fourth-order valence-corrected chi connectivity index (χ4v) is 4.74. The SMILES string of the molecule is Cn1cncc1N1CCCC1c1ccc(C#N)c(Oc2cccc3c2CCC3)c1. The van der Waals surface area contributed by atoms with E-state index in [9.17, 15) is 5.26 Å². The summed E-state index contributed by atoms with van der Waals surface area (Å²) in [5, 5.41) is 9.63. The summed E-state index contributed by atoms with van der Waals surface area (Å²) in [4.78, 5) is 6.68. The van der Waals surface area contributed by atoms with Gasteiger partial charge in [0.25, 0.3) is 0 Å². The molecule has 0 N–H and O–H groups in total. The third-order valence-electron chi connectivity index (χ3n) is 6.17. The van der Waals surface area contributed by atoms with Gasteiger partial charge in [0.1, 0.15) is 23.4 Å². The van der Waals surface area contributed by atoms with E-state index in [0.717, 1.165) is 43.8 Å². The zero-order valence-electron chi connectivity index (χ0n) is 16.6. The second kappa shape index (κ2) is 7.29. The zero-order chi connectivity index (χ0) is 19.8. The van der Waals surface area contributed by atoms with Crippen molar-refractivity contribution >= 4 is 5.82 Å². The highest BCUT2D eigenvalue weighted by molar-refractivity contribution is 5.53. The Morgan fingerprint density at radius 3 is 2.90 bits per heavy atom. The van der Waals surface area contributed by atoms with Crippen molar-refractivity contribution in [1.82, 2.24) is 9.55 Å². The van der Waals surface area contributed by atoms with Crippen LogP contribution in [0.3, 0.4) is 0 Å². The number of ether oxygens (including phenoxy) is 1. The smallest absolute Gasteiger partial charge is 0.145 e. The lowest BCUT2D eigenvalue weighted by molar-refractivity contribution is 0.474. The molecule has 1 aromatic heterocycles. The quantitative estimate of drug-likeness (QED) is 0.641. The maximum absolute atomic E-state index is 9.63. The van der Waals surface area contributed by atoms with Crippen molar-refractivity contribution in [3.63, 3.8) is 0 Å². The molecule has 1 unspecified atom stereocenters. The highest BCUT2D eigenvalue weighted by Gasteiger charge is 2.29. The van der Waals surface area contributed by atoms with Crippen LogP contribution in [-0.2, 0) is 19.9 Å². The largest absolute Gasteiger partial charge is 0.456 e. The summed E-state index contributed by atoms with van der Waals surface area (Å²) >= 11 is 0. The van der Waals surface area contributed by atoms with Crippen molar-refractivity contribution in [1.29, 1.82) is 5.26 Å². The Morgan fingerprint density at radius 2 is 2.07 bits per heavy atom. The zero-order valence-corrected chi connectivity index (χ0v) is 16.6. The molecule has 5 rings (SSSR count). The van der Waals surface area contributed by atoms with Crippen molar-refractivity contribution in [3.05, 3.63) is 71.2 Å². The van der Waals surface area contributed by atoms with Gasteiger partial charge in [0.2, 0.25) is 0 Å². The summed E-state index contributed by atoms with van der Waals surface area (Å²) < 4.78 is 8.40. The maximum atomic E-state index is 9.63. The molecule has 1 saturated heterocycles. The normalized spacial score (nSPS) is 17.9. The van der Waals surface area contributed by atoms with Gasteiger partial charge >= 0.3 is 0 Å². The van der Waals surface area contributed by atoms with Crippen LogP contribution >= 0.6 is 0 Å². The molecule has 0 amide bonds. The third-order valence-corrected chi connectivity index (χ3v) is 6.17. The molecular formula is C24H24N4O. The molecule has 2 aromatic carbocycles. The molecule has 2 aliphatic rings. The minimum atomic E-state index is 0.266. The number of hydrogen-bond donors (Lipinski definition) is 0. The molecule has 1 aliphatic heterocycles. The lowest BCUT2D eigenvalue weighted by Crippen LogP contribution is -2.24. The predicted octanol–water partition coefficient (Wildman–Crippen LogP) is 4.91. The first-order valence-corrected chi connectivity index (χ1v) is 10.3. The van der Waals surface area contributed by atoms with Gasteiger partial charge in [0.15, 0.2) is 0 Å². The van der Waals surface area contributed by atoms with E-state index in [2.05, 4.69) is 44.8 Å². The third kappa shape index (κ3) is 3.15. The summed E-state index contributed by atoms with van der Waals surface area (Å²) in [6.07, 6.45) is 9.31. The van der Waals surface area contributed by atoms with Crippen LogP contribution in [-0.4, -0.2) is 16.1 Å². The standard InChI is InChI=1S/C24H24N4O/c1-27-16-26-15-24(27)28-12-4-8-21(28)18-10-11-19(14-25)23(13-18)29-22-9-3-6-17-5-2-7-20(17)22/h3,6,9-11,13,15-16,21H,2,4-5,7-8,12H2,1H3. The van der Waals surface area contributed by atoms with Crippen LogP contribution in [0.5, 0.6) is 11.5 Å². The minimum absolute atomic E-state index is 0.266. The minimum Gasteiger partial charge on any atom is -0.456 e. The van der Waals surface area contributed by atoms with Gasteiger partial charge in [-0.2, -0.15) is 5.26 Å². The Hall–Kier alpha value is -3.26. The number of nitriles is 1. The molecular weight excluding hydrogens is 360 g/mol. The Kier molecular flexibility index (Phi) is 4.48. The predicted molar refractivity (Wildman–Crippen MR) is 112 cm³/mol. The summed E-state index contributed by atoms with van der Waals surface area (Å²) in [6, 6.07) is 14.8. The van der Waals surface area contributed by atoms with Gasteiger partial charge in [-0.25, -0.2) is 4.98 Å². The summed E-state index contributed by atoms with van der Waals surface area (Å²) in [5.74, 6) is 2.67. The van der Waals surface area contributed by atoms with E-state index in [-0.39, 0.29) is 6.04 Å². The lowest BCUT2D eigenvalue weighted by atomic mass is 10.0. The van der Waals surface area contributed by atoms with Gasteiger partial charge in [-0.15, -0.1) is 0 Å². The molecule has 3 aromatic rings. The van der Waals surface area contributed by atoms with Crippen molar-refractivity contribution in [2.45, 2.75) is 38.1 Å². The van der Waals surface area contributed by atoms with E-state index in [1.165, 1.54) is 23.1 Å². The Labute approximate surface area is 171 Å². The topological polar surface area (TPSA) is 54.1 Å². The Morgan fingerprint density at radius 1 is 1.14 bits per heavy atom.